The van der Waals surface area contributed by atoms with Gasteiger partial charge in [-0.05, 0) is 31.9 Å². The number of rotatable bonds is 4. The van der Waals surface area contributed by atoms with Crippen molar-refractivity contribution in [1.29, 1.82) is 0 Å². The van der Waals surface area contributed by atoms with Crippen molar-refractivity contribution < 1.29 is 4.79 Å². The molecule has 1 aliphatic rings. The highest BCUT2D eigenvalue weighted by Crippen LogP contribution is 2.15. The molecule has 19 heavy (non-hydrogen) atoms. The Hall–Kier alpha value is -1.71. The molecule has 0 aliphatic carbocycles. The lowest BCUT2D eigenvalue weighted by molar-refractivity contribution is 0.204. The van der Waals surface area contributed by atoms with E-state index in [1.165, 1.54) is 0 Å². The van der Waals surface area contributed by atoms with E-state index in [4.69, 9.17) is 0 Å². The number of nitrogens with one attached hydrogen (secondary N) is 2. The van der Waals surface area contributed by atoms with Gasteiger partial charge in [0.2, 0.25) is 0 Å². The van der Waals surface area contributed by atoms with Crippen LogP contribution in [-0.4, -0.2) is 36.1 Å². The largest absolute Gasteiger partial charge is 0.380 e. The first-order valence-electron chi connectivity index (χ1n) is 7.06. The van der Waals surface area contributed by atoms with E-state index in [2.05, 4.69) is 29.7 Å². The average Bonchev–Trinajstić information content (AvgIpc) is 2.88. The van der Waals surface area contributed by atoms with Crippen LogP contribution in [0.5, 0.6) is 0 Å². The van der Waals surface area contributed by atoms with Crippen LogP contribution in [0.15, 0.2) is 30.3 Å². The van der Waals surface area contributed by atoms with Gasteiger partial charge in [-0.3, -0.25) is 0 Å². The molecule has 4 heteroatoms. The van der Waals surface area contributed by atoms with Crippen LogP contribution in [0.2, 0.25) is 0 Å². The monoisotopic (exact) mass is 261 g/mol. The van der Waals surface area contributed by atoms with Gasteiger partial charge in [0.25, 0.3) is 0 Å². The van der Waals surface area contributed by atoms with E-state index in [0.717, 1.165) is 31.6 Å². The van der Waals surface area contributed by atoms with Crippen LogP contribution in [0.3, 0.4) is 0 Å². The van der Waals surface area contributed by atoms with Crippen LogP contribution in [0.4, 0.5) is 10.5 Å². The van der Waals surface area contributed by atoms with Crippen molar-refractivity contribution >= 4 is 11.7 Å². The van der Waals surface area contributed by atoms with Gasteiger partial charge in [-0.15, -0.1) is 0 Å². The van der Waals surface area contributed by atoms with E-state index in [1.54, 1.807) is 0 Å². The van der Waals surface area contributed by atoms with E-state index in [-0.39, 0.29) is 12.1 Å². The molecular formula is C15H23N3O. The minimum atomic E-state index is 0.0618. The van der Waals surface area contributed by atoms with Crippen molar-refractivity contribution in [2.45, 2.75) is 38.8 Å². The molecular weight excluding hydrogens is 238 g/mol. The van der Waals surface area contributed by atoms with E-state index in [0.29, 0.717) is 6.04 Å². The fourth-order valence-corrected chi connectivity index (χ4v) is 2.24. The molecule has 1 saturated heterocycles. The number of urea groups is 1. The summed E-state index contributed by atoms with van der Waals surface area (Å²) in [6.45, 7) is 5.71. The summed E-state index contributed by atoms with van der Waals surface area (Å²) in [4.78, 5) is 13.9. The topological polar surface area (TPSA) is 44.4 Å². The molecule has 2 atom stereocenters. The molecule has 2 amide bonds. The summed E-state index contributed by atoms with van der Waals surface area (Å²) < 4.78 is 0. The SMILES string of the molecule is CC[C@@H](C)NC(=O)N1CC[C@@H](Nc2ccccc2)C1. The Morgan fingerprint density at radius 2 is 2.16 bits per heavy atom. The number of carbonyl (C=O) groups excluding carboxylic acids is 1. The molecule has 0 aromatic heterocycles. The Morgan fingerprint density at radius 3 is 2.84 bits per heavy atom. The molecule has 0 spiro atoms. The predicted molar refractivity (Wildman–Crippen MR) is 78.3 cm³/mol. The van der Waals surface area contributed by atoms with Crippen molar-refractivity contribution in [3.8, 4) is 0 Å². The third kappa shape index (κ3) is 3.88. The second kappa shape index (κ2) is 6.45. The molecule has 1 aliphatic heterocycles. The highest BCUT2D eigenvalue weighted by molar-refractivity contribution is 5.75. The Bertz CT molecular complexity index is 407. The van der Waals surface area contributed by atoms with E-state index < -0.39 is 0 Å². The van der Waals surface area contributed by atoms with Gasteiger partial charge in [0.05, 0.1) is 0 Å². The maximum atomic E-state index is 12.0. The molecule has 1 fully saturated rings. The van der Waals surface area contributed by atoms with Crippen LogP contribution >= 0.6 is 0 Å². The number of hydrogen-bond acceptors (Lipinski definition) is 2. The van der Waals surface area contributed by atoms with Gasteiger partial charge in [0, 0.05) is 30.9 Å². The lowest BCUT2D eigenvalue weighted by Gasteiger charge is -2.20. The number of nitrogens with zero attached hydrogens (tertiary/aromatic N) is 1. The van der Waals surface area contributed by atoms with Gasteiger partial charge in [-0.1, -0.05) is 25.1 Å². The summed E-state index contributed by atoms with van der Waals surface area (Å²) >= 11 is 0. The van der Waals surface area contributed by atoms with E-state index >= 15 is 0 Å². The fourth-order valence-electron chi connectivity index (χ4n) is 2.24. The maximum absolute atomic E-state index is 12.0. The Labute approximate surface area is 115 Å². The third-order valence-electron chi connectivity index (χ3n) is 3.60. The molecule has 1 aromatic carbocycles. The Balaban J connectivity index is 1.81. The second-order valence-corrected chi connectivity index (χ2v) is 5.20. The highest BCUT2D eigenvalue weighted by atomic mass is 16.2. The van der Waals surface area contributed by atoms with Gasteiger partial charge in [0.15, 0.2) is 0 Å². The quantitative estimate of drug-likeness (QED) is 0.875. The van der Waals surface area contributed by atoms with Gasteiger partial charge in [-0.25, -0.2) is 4.79 Å². The first kappa shape index (κ1) is 13.7. The molecule has 1 heterocycles. The zero-order chi connectivity index (χ0) is 13.7. The molecule has 2 rings (SSSR count). The lowest BCUT2D eigenvalue weighted by atomic mass is 10.2. The van der Waals surface area contributed by atoms with Crippen molar-refractivity contribution in [2.24, 2.45) is 0 Å². The molecule has 0 radical (unpaired) electrons. The molecule has 0 saturated carbocycles. The van der Waals surface area contributed by atoms with Crippen molar-refractivity contribution in [3.05, 3.63) is 30.3 Å². The smallest absolute Gasteiger partial charge is 0.317 e. The number of amides is 2. The van der Waals surface area contributed by atoms with Crippen LogP contribution < -0.4 is 10.6 Å². The number of hydrogen-bond donors (Lipinski definition) is 2. The summed E-state index contributed by atoms with van der Waals surface area (Å²) in [6, 6.07) is 10.8. The molecule has 2 N–H and O–H groups in total. The van der Waals surface area contributed by atoms with Crippen LogP contribution in [-0.2, 0) is 0 Å². The Morgan fingerprint density at radius 1 is 1.42 bits per heavy atom. The van der Waals surface area contributed by atoms with Gasteiger partial charge in [0.1, 0.15) is 0 Å². The zero-order valence-electron chi connectivity index (χ0n) is 11.7. The maximum Gasteiger partial charge on any atom is 0.317 e. The third-order valence-corrected chi connectivity index (χ3v) is 3.60. The lowest BCUT2D eigenvalue weighted by Crippen LogP contribution is -2.43. The standard InChI is InChI=1S/C15H23N3O/c1-3-12(2)16-15(19)18-10-9-14(11-18)17-13-7-5-4-6-8-13/h4-8,12,14,17H,3,9-11H2,1-2H3,(H,16,19)/t12-,14-/m1/s1. The first-order valence-corrected chi connectivity index (χ1v) is 7.06. The van der Waals surface area contributed by atoms with Crippen molar-refractivity contribution in [3.63, 3.8) is 0 Å². The summed E-state index contributed by atoms with van der Waals surface area (Å²) in [5.41, 5.74) is 1.12. The minimum Gasteiger partial charge on any atom is -0.380 e. The van der Waals surface area contributed by atoms with Gasteiger partial charge < -0.3 is 15.5 Å². The summed E-state index contributed by atoms with van der Waals surface area (Å²) in [5.74, 6) is 0. The number of anilines is 1. The van der Waals surface area contributed by atoms with E-state index in [1.807, 2.05) is 30.0 Å². The molecule has 0 unspecified atom stereocenters. The van der Waals surface area contributed by atoms with Gasteiger partial charge in [-0.2, -0.15) is 0 Å². The number of para-hydroxylation sites is 1. The summed E-state index contributed by atoms with van der Waals surface area (Å²) in [6.07, 6.45) is 1.97. The first-order chi connectivity index (χ1) is 9.19. The normalized spacial score (nSPS) is 20.1. The molecule has 4 nitrogen and oxygen atoms in total. The zero-order valence-corrected chi connectivity index (χ0v) is 11.7. The van der Waals surface area contributed by atoms with Crippen LogP contribution in [0.1, 0.15) is 26.7 Å². The minimum absolute atomic E-state index is 0.0618. The molecule has 1 aromatic rings. The number of benzene rings is 1. The predicted octanol–water partition coefficient (Wildman–Crippen LogP) is 2.68. The van der Waals surface area contributed by atoms with Crippen LogP contribution in [0.25, 0.3) is 0 Å². The van der Waals surface area contributed by atoms with Crippen molar-refractivity contribution in [2.75, 3.05) is 18.4 Å². The average molecular weight is 261 g/mol. The van der Waals surface area contributed by atoms with Crippen molar-refractivity contribution in [1.82, 2.24) is 10.2 Å². The second-order valence-electron chi connectivity index (χ2n) is 5.20. The number of likely N-dealkylation sites (tertiary alicyclic amines) is 1. The summed E-state index contributed by atoms with van der Waals surface area (Å²) in [5, 5.41) is 6.49. The highest BCUT2D eigenvalue weighted by Gasteiger charge is 2.26. The molecule has 104 valence electrons. The van der Waals surface area contributed by atoms with E-state index in [9.17, 15) is 4.79 Å². The van der Waals surface area contributed by atoms with Gasteiger partial charge >= 0.3 is 6.03 Å². The summed E-state index contributed by atoms with van der Waals surface area (Å²) in [7, 11) is 0. The fraction of sp³-hybridized carbons (Fsp3) is 0.533. The Kier molecular flexibility index (Phi) is 4.66. The number of carbonyl (C=O) groups is 1. The molecule has 0 bridgehead atoms. The van der Waals surface area contributed by atoms with Crippen LogP contribution in [0, 0.1) is 0 Å².